The largest absolute Gasteiger partial charge is 0.320 e. The van der Waals surface area contributed by atoms with E-state index in [2.05, 4.69) is 44.0 Å². The Balaban J connectivity index is 2.33. The lowest BCUT2D eigenvalue weighted by molar-refractivity contribution is 0.373. The fraction of sp³-hybridized carbons (Fsp3) is 0.538. The maximum Gasteiger partial charge on any atom is 0.0550 e. The number of likely N-dealkylation sites (N-methyl/N-ethyl adjacent to an activating group) is 1. The van der Waals surface area contributed by atoms with Crippen molar-refractivity contribution in [2.75, 3.05) is 20.1 Å². The number of aryl methyl sites for hydroxylation is 2. The van der Waals surface area contributed by atoms with Crippen molar-refractivity contribution >= 4 is 0 Å². The summed E-state index contributed by atoms with van der Waals surface area (Å²) in [6.07, 6.45) is 1.06. The lowest BCUT2D eigenvalue weighted by Crippen LogP contribution is -2.39. The van der Waals surface area contributed by atoms with Crippen molar-refractivity contribution in [3.05, 3.63) is 34.9 Å². The first-order valence-corrected chi connectivity index (χ1v) is 5.56. The minimum atomic E-state index is -0.132. The molecule has 1 aliphatic heterocycles. The van der Waals surface area contributed by atoms with Crippen LogP contribution in [0.4, 0.5) is 0 Å². The molecular weight excluding hydrogens is 184 g/mol. The molecule has 1 aromatic rings. The zero-order valence-corrected chi connectivity index (χ0v) is 9.88. The molecule has 2 heteroatoms. The van der Waals surface area contributed by atoms with E-state index in [1.54, 1.807) is 0 Å². The zero-order valence-electron chi connectivity index (χ0n) is 9.88. The minimum Gasteiger partial charge on any atom is -0.320 e. The predicted octanol–water partition coefficient (Wildman–Crippen LogP) is 1.79. The summed E-state index contributed by atoms with van der Waals surface area (Å²) < 4.78 is 0. The van der Waals surface area contributed by atoms with Crippen LogP contribution in [0.3, 0.4) is 0 Å². The van der Waals surface area contributed by atoms with Crippen molar-refractivity contribution in [3.8, 4) is 0 Å². The molecular formula is C13H20N2. The van der Waals surface area contributed by atoms with Crippen LogP contribution in [0.2, 0.25) is 0 Å². The Labute approximate surface area is 92.1 Å². The average molecular weight is 204 g/mol. The van der Waals surface area contributed by atoms with Crippen LogP contribution in [0.5, 0.6) is 0 Å². The van der Waals surface area contributed by atoms with E-state index in [9.17, 15) is 0 Å². The first-order valence-electron chi connectivity index (χ1n) is 5.56. The lowest BCUT2D eigenvalue weighted by atomic mass is 9.88. The van der Waals surface area contributed by atoms with Gasteiger partial charge in [0.25, 0.3) is 0 Å². The van der Waals surface area contributed by atoms with Crippen molar-refractivity contribution in [1.29, 1.82) is 0 Å². The number of rotatable bonds is 1. The topological polar surface area (TPSA) is 29.3 Å². The molecule has 0 amide bonds. The van der Waals surface area contributed by atoms with Gasteiger partial charge >= 0.3 is 0 Å². The SMILES string of the molecule is Cc1ccc(C2(N)CCN(C)C2)cc1C. The highest BCUT2D eigenvalue weighted by Gasteiger charge is 2.34. The highest BCUT2D eigenvalue weighted by Crippen LogP contribution is 2.29. The van der Waals surface area contributed by atoms with Gasteiger partial charge in [-0.25, -0.2) is 0 Å². The van der Waals surface area contributed by atoms with Gasteiger partial charge in [-0.2, -0.15) is 0 Å². The van der Waals surface area contributed by atoms with E-state index in [1.807, 2.05) is 0 Å². The van der Waals surface area contributed by atoms with Gasteiger partial charge in [-0.15, -0.1) is 0 Å². The molecule has 0 saturated carbocycles. The highest BCUT2D eigenvalue weighted by atomic mass is 15.2. The van der Waals surface area contributed by atoms with Gasteiger partial charge in [-0.1, -0.05) is 18.2 Å². The van der Waals surface area contributed by atoms with Crippen molar-refractivity contribution in [2.24, 2.45) is 5.73 Å². The summed E-state index contributed by atoms with van der Waals surface area (Å²) >= 11 is 0. The second-order valence-electron chi connectivity index (χ2n) is 4.94. The molecule has 1 fully saturated rings. The van der Waals surface area contributed by atoms with Gasteiger partial charge in [0.15, 0.2) is 0 Å². The van der Waals surface area contributed by atoms with Gasteiger partial charge in [0.1, 0.15) is 0 Å². The zero-order chi connectivity index (χ0) is 11.1. The van der Waals surface area contributed by atoms with Crippen LogP contribution in [0.25, 0.3) is 0 Å². The molecule has 0 aromatic heterocycles. The van der Waals surface area contributed by atoms with Crippen LogP contribution in [-0.2, 0) is 5.54 Å². The standard InChI is InChI=1S/C13H20N2/c1-10-4-5-12(8-11(10)2)13(14)6-7-15(3)9-13/h4-5,8H,6-7,9,14H2,1-3H3. The van der Waals surface area contributed by atoms with Crippen LogP contribution < -0.4 is 5.73 Å². The molecule has 1 saturated heterocycles. The van der Waals surface area contributed by atoms with Crippen molar-refractivity contribution in [2.45, 2.75) is 25.8 Å². The number of likely N-dealkylation sites (tertiary alicyclic amines) is 1. The number of nitrogens with zero attached hydrogens (tertiary/aromatic N) is 1. The van der Waals surface area contributed by atoms with Gasteiger partial charge in [-0.3, -0.25) is 0 Å². The maximum atomic E-state index is 6.45. The molecule has 1 atom stereocenters. The van der Waals surface area contributed by atoms with E-state index in [0.29, 0.717) is 0 Å². The fourth-order valence-corrected chi connectivity index (χ4v) is 2.32. The van der Waals surface area contributed by atoms with E-state index in [1.165, 1.54) is 16.7 Å². The Hall–Kier alpha value is -0.860. The molecule has 2 N–H and O–H groups in total. The molecule has 1 aromatic carbocycles. The van der Waals surface area contributed by atoms with E-state index >= 15 is 0 Å². The summed E-state index contributed by atoms with van der Waals surface area (Å²) in [6.45, 7) is 6.36. The Morgan fingerprint density at radius 1 is 1.27 bits per heavy atom. The van der Waals surface area contributed by atoms with Gasteiger partial charge in [0.05, 0.1) is 5.54 Å². The minimum absolute atomic E-state index is 0.132. The van der Waals surface area contributed by atoms with Crippen LogP contribution >= 0.6 is 0 Å². The maximum absolute atomic E-state index is 6.45. The second-order valence-corrected chi connectivity index (χ2v) is 4.94. The number of hydrogen-bond donors (Lipinski definition) is 1. The summed E-state index contributed by atoms with van der Waals surface area (Å²) in [7, 11) is 2.13. The van der Waals surface area contributed by atoms with Gasteiger partial charge in [0, 0.05) is 13.1 Å². The van der Waals surface area contributed by atoms with E-state index in [0.717, 1.165) is 19.5 Å². The second kappa shape index (κ2) is 3.62. The summed E-state index contributed by atoms with van der Waals surface area (Å²) in [4.78, 5) is 2.30. The van der Waals surface area contributed by atoms with Crippen LogP contribution in [0.1, 0.15) is 23.1 Å². The molecule has 0 radical (unpaired) electrons. The quantitative estimate of drug-likeness (QED) is 0.755. The van der Waals surface area contributed by atoms with E-state index < -0.39 is 0 Å². The van der Waals surface area contributed by atoms with Crippen molar-refractivity contribution < 1.29 is 0 Å². The number of benzene rings is 1. The summed E-state index contributed by atoms with van der Waals surface area (Å²) in [5.74, 6) is 0. The van der Waals surface area contributed by atoms with Gasteiger partial charge in [0.2, 0.25) is 0 Å². The number of hydrogen-bond acceptors (Lipinski definition) is 2. The fourth-order valence-electron chi connectivity index (χ4n) is 2.32. The Bertz CT molecular complexity index is 373. The molecule has 0 bridgehead atoms. The van der Waals surface area contributed by atoms with Crippen molar-refractivity contribution in [1.82, 2.24) is 4.90 Å². The monoisotopic (exact) mass is 204 g/mol. The molecule has 15 heavy (non-hydrogen) atoms. The third-order valence-electron chi connectivity index (χ3n) is 3.57. The first kappa shape index (κ1) is 10.7. The van der Waals surface area contributed by atoms with Crippen LogP contribution in [-0.4, -0.2) is 25.0 Å². The predicted molar refractivity (Wildman–Crippen MR) is 63.9 cm³/mol. The normalized spacial score (nSPS) is 27.2. The molecule has 1 unspecified atom stereocenters. The van der Waals surface area contributed by atoms with Crippen LogP contribution in [0.15, 0.2) is 18.2 Å². The Morgan fingerprint density at radius 2 is 2.00 bits per heavy atom. The summed E-state index contributed by atoms with van der Waals surface area (Å²) in [6, 6.07) is 6.60. The molecule has 2 nitrogen and oxygen atoms in total. The molecule has 0 spiro atoms. The summed E-state index contributed by atoms with van der Waals surface area (Å²) in [5, 5.41) is 0. The molecule has 1 heterocycles. The summed E-state index contributed by atoms with van der Waals surface area (Å²) in [5.41, 5.74) is 10.3. The lowest BCUT2D eigenvalue weighted by Gasteiger charge is -2.25. The molecule has 1 aliphatic rings. The first-order chi connectivity index (χ1) is 7.01. The third-order valence-corrected chi connectivity index (χ3v) is 3.57. The Kier molecular flexibility index (Phi) is 2.57. The van der Waals surface area contributed by atoms with Gasteiger partial charge < -0.3 is 10.6 Å². The van der Waals surface area contributed by atoms with Crippen molar-refractivity contribution in [3.63, 3.8) is 0 Å². The molecule has 82 valence electrons. The van der Waals surface area contributed by atoms with E-state index in [-0.39, 0.29) is 5.54 Å². The smallest absolute Gasteiger partial charge is 0.0550 e. The molecule has 0 aliphatic carbocycles. The average Bonchev–Trinajstić information content (AvgIpc) is 2.52. The van der Waals surface area contributed by atoms with E-state index in [4.69, 9.17) is 5.73 Å². The Morgan fingerprint density at radius 3 is 2.53 bits per heavy atom. The van der Waals surface area contributed by atoms with Crippen LogP contribution in [0, 0.1) is 13.8 Å². The van der Waals surface area contributed by atoms with Gasteiger partial charge in [-0.05, 0) is 44.0 Å². The number of nitrogens with two attached hydrogens (primary N) is 1. The molecule has 2 rings (SSSR count). The third kappa shape index (κ3) is 1.92. The highest BCUT2D eigenvalue weighted by molar-refractivity contribution is 5.35.